The second-order valence-corrected chi connectivity index (χ2v) is 11.0. The first-order valence-corrected chi connectivity index (χ1v) is 13.6. The van der Waals surface area contributed by atoms with E-state index < -0.39 is 10.0 Å². The Morgan fingerprint density at radius 2 is 1.73 bits per heavy atom. The molecule has 3 aromatic rings. The van der Waals surface area contributed by atoms with E-state index in [1.807, 2.05) is 31.2 Å². The smallest absolute Gasteiger partial charge is 0.264 e. The molecule has 0 fully saturated rings. The summed E-state index contributed by atoms with van der Waals surface area (Å²) in [6, 6.07) is 23.1. The molecule has 0 heterocycles. The number of halogens is 1. The van der Waals surface area contributed by atoms with Gasteiger partial charge in [0.25, 0.3) is 10.0 Å². The van der Waals surface area contributed by atoms with E-state index in [1.165, 1.54) is 0 Å². The Labute approximate surface area is 205 Å². The van der Waals surface area contributed by atoms with E-state index >= 15 is 0 Å². The lowest BCUT2D eigenvalue weighted by Gasteiger charge is -2.24. The van der Waals surface area contributed by atoms with Gasteiger partial charge in [0, 0.05) is 17.3 Å². The summed E-state index contributed by atoms with van der Waals surface area (Å²) >= 11 is 7.77. The van der Waals surface area contributed by atoms with Crippen LogP contribution < -0.4 is 9.62 Å². The van der Waals surface area contributed by atoms with Gasteiger partial charge in [0.05, 0.1) is 10.6 Å². The van der Waals surface area contributed by atoms with Crippen LogP contribution in [0.2, 0.25) is 5.02 Å². The van der Waals surface area contributed by atoms with Crippen molar-refractivity contribution in [2.75, 3.05) is 23.1 Å². The van der Waals surface area contributed by atoms with Crippen LogP contribution in [0.5, 0.6) is 0 Å². The largest absolute Gasteiger partial charge is 0.354 e. The van der Waals surface area contributed by atoms with Gasteiger partial charge in [0.1, 0.15) is 6.54 Å². The number of carbonyl (C=O) groups excluding carboxylic acids is 1. The Balaban J connectivity index is 1.55. The summed E-state index contributed by atoms with van der Waals surface area (Å²) in [6.07, 6.45) is 0.785. The molecule has 0 unspecified atom stereocenters. The standard InChI is InChI=1S/C25H27ClN2O3S2/c1-20-11-13-24(14-12-20)33(30,31)28(23-9-3-2-4-10-23)18-25(29)27-15-6-16-32-19-21-7-5-8-22(26)17-21/h2-5,7-14,17H,6,15-16,18-19H2,1H3,(H,27,29). The number of nitrogens with one attached hydrogen (secondary N) is 1. The molecule has 33 heavy (non-hydrogen) atoms. The highest BCUT2D eigenvalue weighted by Gasteiger charge is 2.26. The number of anilines is 1. The minimum atomic E-state index is -3.88. The fraction of sp³-hybridized carbons (Fsp3) is 0.240. The van der Waals surface area contributed by atoms with Gasteiger partial charge in [-0.1, -0.05) is 59.6 Å². The molecule has 0 aromatic heterocycles. The summed E-state index contributed by atoms with van der Waals surface area (Å²) in [7, 11) is -3.88. The number of rotatable bonds is 11. The molecule has 1 amide bonds. The number of aryl methyl sites for hydroxylation is 1. The maximum atomic E-state index is 13.3. The molecule has 0 saturated heterocycles. The quantitative estimate of drug-likeness (QED) is 0.362. The highest BCUT2D eigenvalue weighted by atomic mass is 35.5. The molecule has 0 radical (unpaired) electrons. The Kier molecular flexibility index (Phi) is 9.23. The lowest BCUT2D eigenvalue weighted by molar-refractivity contribution is -0.119. The zero-order chi connectivity index (χ0) is 23.7. The van der Waals surface area contributed by atoms with Gasteiger partial charge in [-0.15, -0.1) is 0 Å². The topological polar surface area (TPSA) is 66.5 Å². The lowest BCUT2D eigenvalue weighted by atomic mass is 10.2. The van der Waals surface area contributed by atoms with Crippen molar-refractivity contribution < 1.29 is 13.2 Å². The Hall–Kier alpha value is -2.48. The van der Waals surface area contributed by atoms with E-state index in [0.717, 1.165) is 38.4 Å². The number of benzene rings is 3. The molecule has 0 atom stereocenters. The van der Waals surface area contributed by atoms with Crippen molar-refractivity contribution in [3.8, 4) is 0 Å². The predicted molar refractivity (Wildman–Crippen MR) is 137 cm³/mol. The summed E-state index contributed by atoms with van der Waals surface area (Å²) < 4.78 is 27.7. The molecule has 0 aliphatic rings. The average Bonchev–Trinajstić information content (AvgIpc) is 2.80. The maximum Gasteiger partial charge on any atom is 0.264 e. The SMILES string of the molecule is Cc1ccc(S(=O)(=O)N(CC(=O)NCCCSCc2cccc(Cl)c2)c2ccccc2)cc1. The number of thioether (sulfide) groups is 1. The third kappa shape index (κ3) is 7.52. The first kappa shape index (κ1) is 25.1. The van der Waals surface area contributed by atoms with Crippen molar-refractivity contribution in [1.82, 2.24) is 5.32 Å². The van der Waals surface area contributed by atoms with Crippen molar-refractivity contribution in [1.29, 1.82) is 0 Å². The fourth-order valence-corrected chi connectivity index (χ4v) is 5.69. The first-order chi connectivity index (χ1) is 15.9. The van der Waals surface area contributed by atoms with Gasteiger partial charge in [-0.05, 0) is 61.1 Å². The van der Waals surface area contributed by atoms with Gasteiger partial charge in [0.2, 0.25) is 5.91 Å². The zero-order valence-corrected chi connectivity index (χ0v) is 20.8. The number of para-hydroxylation sites is 1. The van der Waals surface area contributed by atoms with Crippen molar-refractivity contribution in [2.24, 2.45) is 0 Å². The third-order valence-corrected chi connectivity index (χ3v) is 8.02. The summed E-state index contributed by atoms with van der Waals surface area (Å²) in [5.41, 5.74) is 2.58. The third-order valence-electron chi connectivity index (χ3n) is 4.89. The zero-order valence-electron chi connectivity index (χ0n) is 18.4. The van der Waals surface area contributed by atoms with E-state index in [1.54, 1.807) is 66.4 Å². The molecule has 0 bridgehead atoms. The Bertz CT molecular complexity index is 1150. The van der Waals surface area contributed by atoms with E-state index in [0.29, 0.717) is 12.2 Å². The minimum Gasteiger partial charge on any atom is -0.354 e. The molecule has 0 saturated carbocycles. The number of amides is 1. The molecular weight excluding hydrogens is 476 g/mol. The minimum absolute atomic E-state index is 0.155. The van der Waals surface area contributed by atoms with E-state index in [4.69, 9.17) is 11.6 Å². The average molecular weight is 503 g/mol. The van der Waals surface area contributed by atoms with Crippen LogP contribution in [0.3, 0.4) is 0 Å². The highest BCUT2D eigenvalue weighted by molar-refractivity contribution is 7.98. The second-order valence-electron chi connectivity index (χ2n) is 7.55. The van der Waals surface area contributed by atoms with Crippen LogP contribution in [0.1, 0.15) is 17.5 Å². The summed E-state index contributed by atoms with van der Waals surface area (Å²) in [6.45, 7) is 2.09. The van der Waals surface area contributed by atoms with Crippen molar-refractivity contribution >= 4 is 45.0 Å². The lowest BCUT2D eigenvalue weighted by Crippen LogP contribution is -2.41. The molecule has 0 spiro atoms. The molecule has 0 aliphatic carbocycles. The van der Waals surface area contributed by atoms with Crippen molar-refractivity contribution in [3.05, 3.63) is 95.0 Å². The maximum absolute atomic E-state index is 13.3. The number of carbonyl (C=O) groups is 1. The van der Waals surface area contributed by atoms with E-state index in [2.05, 4.69) is 5.32 Å². The van der Waals surface area contributed by atoms with Crippen LogP contribution >= 0.6 is 23.4 Å². The Morgan fingerprint density at radius 1 is 1.00 bits per heavy atom. The van der Waals surface area contributed by atoms with Gasteiger partial charge in [-0.25, -0.2) is 8.42 Å². The van der Waals surface area contributed by atoms with Crippen LogP contribution in [-0.4, -0.2) is 33.2 Å². The normalized spacial score (nSPS) is 11.2. The van der Waals surface area contributed by atoms with Crippen LogP contribution in [0, 0.1) is 6.92 Å². The van der Waals surface area contributed by atoms with Crippen LogP contribution in [0.4, 0.5) is 5.69 Å². The van der Waals surface area contributed by atoms with Crippen LogP contribution in [0.15, 0.2) is 83.8 Å². The number of hydrogen-bond acceptors (Lipinski definition) is 4. The summed E-state index contributed by atoms with van der Waals surface area (Å²) in [4.78, 5) is 12.8. The van der Waals surface area contributed by atoms with E-state index in [-0.39, 0.29) is 17.3 Å². The van der Waals surface area contributed by atoms with Crippen LogP contribution in [-0.2, 0) is 20.6 Å². The van der Waals surface area contributed by atoms with Crippen LogP contribution in [0.25, 0.3) is 0 Å². The van der Waals surface area contributed by atoms with E-state index in [9.17, 15) is 13.2 Å². The Morgan fingerprint density at radius 3 is 2.42 bits per heavy atom. The molecular formula is C25H27ClN2O3S2. The fourth-order valence-electron chi connectivity index (χ4n) is 3.15. The van der Waals surface area contributed by atoms with Gasteiger partial charge in [0.15, 0.2) is 0 Å². The number of sulfonamides is 1. The second kappa shape index (κ2) is 12.1. The molecule has 3 aromatic carbocycles. The summed E-state index contributed by atoms with van der Waals surface area (Å²) in [5, 5.41) is 3.57. The number of hydrogen-bond donors (Lipinski definition) is 1. The van der Waals surface area contributed by atoms with Gasteiger partial charge in [-0.2, -0.15) is 11.8 Å². The highest BCUT2D eigenvalue weighted by Crippen LogP contribution is 2.23. The van der Waals surface area contributed by atoms with Gasteiger partial charge < -0.3 is 5.32 Å². The molecule has 1 N–H and O–H groups in total. The molecule has 174 valence electrons. The molecule has 0 aliphatic heterocycles. The molecule has 5 nitrogen and oxygen atoms in total. The summed E-state index contributed by atoms with van der Waals surface area (Å²) in [5.74, 6) is 1.39. The van der Waals surface area contributed by atoms with Crippen molar-refractivity contribution in [3.63, 3.8) is 0 Å². The number of nitrogens with zero attached hydrogens (tertiary/aromatic N) is 1. The molecule has 3 rings (SSSR count). The predicted octanol–water partition coefficient (Wildman–Crippen LogP) is 5.28. The van der Waals surface area contributed by atoms with Crippen molar-refractivity contribution in [2.45, 2.75) is 24.0 Å². The van der Waals surface area contributed by atoms with Gasteiger partial charge >= 0.3 is 0 Å². The molecule has 8 heteroatoms. The monoisotopic (exact) mass is 502 g/mol. The van der Waals surface area contributed by atoms with Gasteiger partial charge in [-0.3, -0.25) is 9.10 Å². The first-order valence-electron chi connectivity index (χ1n) is 10.6.